The number of ether oxygens (including phenoxy) is 1. The van der Waals surface area contributed by atoms with Crippen molar-refractivity contribution in [3.8, 4) is 0 Å². The Morgan fingerprint density at radius 3 is 2.88 bits per heavy atom. The predicted molar refractivity (Wildman–Crippen MR) is 58.4 cm³/mol. The number of esters is 1. The smallest absolute Gasteiger partial charge is 0.339 e. The number of aromatic nitrogens is 2. The van der Waals surface area contributed by atoms with Crippen LogP contribution in [0.4, 0.5) is 0 Å². The fourth-order valence-corrected chi connectivity index (χ4v) is 1.54. The molecular weight excluding hydrogens is 208 g/mol. The number of carbonyl (C=O) groups excluding carboxylic acids is 1. The van der Waals surface area contributed by atoms with Crippen LogP contribution in [0.3, 0.4) is 0 Å². The molecule has 0 saturated heterocycles. The maximum Gasteiger partial charge on any atom is 0.339 e. The first-order chi connectivity index (χ1) is 7.61. The predicted octanol–water partition coefficient (Wildman–Crippen LogP) is 1.02. The molecule has 82 valence electrons. The molecule has 0 amide bonds. The Kier molecular flexibility index (Phi) is 2.44. The number of rotatable bonds is 1. The lowest BCUT2D eigenvalue weighted by atomic mass is 10.2. The van der Waals surface area contributed by atoms with Crippen molar-refractivity contribution in [3.05, 3.63) is 39.8 Å². The van der Waals surface area contributed by atoms with Gasteiger partial charge in [0.25, 0.3) is 0 Å². The number of carbonyl (C=O) groups is 1. The summed E-state index contributed by atoms with van der Waals surface area (Å²) in [5, 5.41) is 0. The molecule has 0 spiro atoms. The highest BCUT2D eigenvalue weighted by atomic mass is 16.5. The van der Waals surface area contributed by atoms with Gasteiger partial charge in [0.2, 0.25) is 5.56 Å². The molecule has 5 nitrogen and oxygen atoms in total. The van der Waals surface area contributed by atoms with Crippen molar-refractivity contribution in [1.82, 2.24) is 9.97 Å². The zero-order chi connectivity index (χ0) is 11.7. The number of nitrogens with one attached hydrogen (secondary N) is 1. The molecule has 2 aromatic rings. The van der Waals surface area contributed by atoms with E-state index in [0.717, 1.165) is 5.56 Å². The number of H-pyrrole nitrogens is 1. The van der Waals surface area contributed by atoms with Crippen LogP contribution >= 0.6 is 0 Å². The number of methoxy groups -OCH3 is 1. The van der Waals surface area contributed by atoms with Crippen molar-refractivity contribution >= 4 is 17.0 Å². The maximum absolute atomic E-state index is 11.3. The van der Waals surface area contributed by atoms with E-state index in [4.69, 9.17) is 0 Å². The van der Waals surface area contributed by atoms with E-state index in [-0.39, 0.29) is 5.56 Å². The third-order valence-corrected chi connectivity index (χ3v) is 2.29. The molecule has 2 rings (SSSR count). The van der Waals surface area contributed by atoms with Gasteiger partial charge in [0.1, 0.15) is 0 Å². The third kappa shape index (κ3) is 1.67. The van der Waals surface area contributed by atoms with Crippen LogP contribution in [0.25, 0.3) is 11.0 Å². The summed E-state index contributed by atoms with van der Waals surface area (Å²) >= 11 is 0. The summed E-state index contributed by atoms with van der Waals surface area (Å²) in [6.45, 7) is 1.79. The highest BCUT2D eigenvalue weighted by Crippen LogP contribution is 2.13. The fourth-order valence-electron chi connectivity index (χ4n) is 1.54. The Morgan fingerprint density at radius 2 is 2.19 bits per heavy atom. The SMILES string of the molecule is COC(=O)c1cnc2c(C)cc(=O)[nH]c2c1. The normalized spacial score (nSPS) is 10.4. The number of pyridine rings is 2. The fraction of sp³-hybridized carbons (Fsp3) is 0.182. The second kappa shape index (κ2) is 3.77. The summed E-state index contributed by atoms with van der Waals surface area (Å²) in [7, 11) is 1.30. The summed E-state index contributed by atoms with van der Waals surface area (Å²) in [6.07, 6.45) is 1.43. The molecular formula is C11H10N2O3. The second-order valence-electron chi connectivity index (χ2n) is 3.43. The van der Waals surface area contributed by atoms with Gasteiger partial charge in [0, 0.05) is 12.3 Å². The molecule has 0 aliphatic carbocycles. The van der Waals surface area contributed by atoms with Crippen molar-refractivity contribution < 1.29 is 9.53 Å². The topological polar surface area (TPSA) is 72.0 Å². The lowest BCUT2D eigenvalue weighted by Crippen LogP contribution is -2.08. The highest BCUT2D eigenvalue weighted by molar-refractivity contribution is 5.93. The Morgan fingerprint density at radius 1 is 1.44 bits per heavy atom. The molecule has 5 heteroatoms. The average molecular weight is 218 g/mol. The van der Waals surface area contributed by atoms with Crippen LogP contribution < -0.4 is 5.56 Å². The van der Waals surface area contributed by atoms with Crippen LogP contribution in [-0.4, -0.2) is 23.0 Å². The van der Waals surface area contributed by atoms with Crippen LogP contribution in [0.15, 0.2) is 23.1 Å². The number of aryl methyl sites for hydroxylation is 1. The van der Waals surface area contributed by atoms with Gasteiger partial charge in [-0.15, -0.1) is 0 Å². The molecule has 0 radical (unpaired) electrons. The van der Waals surface area contributed by atoms with Gasteiger partial charge in [-0.2, -0.15) is 0 Å². The van der Waals surface area contributed by atoms with Gasteiger partial charge in [0.15, 0.2) is 0 Å². The summed E-state index contributed by atoms with van der Waals surface area (Å²) < 4.78 is 4.57. The minimum absolute atomic E-state index is 0.214. The van der Waals surface area contributed by atoms with Gasteiger partial charge < -0.3 is 9.72 Å². The van der Waals surface area contributed by atoms with Crippen LogP contribution in [-0.2, 0) is 4.74 Å². The molecule has 16 heavy (non-hydrogen) atoms. The monoisotopic (exact) mass is 218 g/mol. The quantitative estimate of drug-likeness (QED) is 0.725. The van der Waals surface area contributed by atoms with Gasteiger partial charge in [0.05, 0.1) is 23.7 Å². The summed E-state index contributed by atoms with van der Waals surface area (Å²) in [4.78, 5) is 29.3. The number of hydrogen-bond donors (Lipinski definition) is 1. The Hall–Kier alpha value is -2.17. The molecule has 0 atom stereocenters. The lowest BCUT2D eigenvalue weighted by molar-refractivity contribution is 0.0600. The van der Waals surface area contributed by atoms with E-state index in [1.165, 1.54) is 19.4 Å². The standard InChI is InChI=1S/C11H10N2O3/c1-6-3-9(14)13-8-4-7(11(15)16-2)5-12-10(6)8/h3-5H,1-2H3,(H,13,14). The van der Waals surface area contributed by atoms with E-state index in [1.54, 1.807) is 13.0 Å². The largest absolute Gasteiger partial charge is 0.465 e. The zero-order valence-electron chi connectivity index (χ0n) is 8.90. The van der Waals surface area contributed by atoms with Gasteiger partial charge in [-0.25, -0.2) is 4.79 Å². The third-order valence-electron chi connectivity index (χ3n) is 2.29. The number of aromatic amines is 1. The molecule has 0 aromatic carbocycles. The highest BCUT2D eigenvalue weighted by Gasteiger charge is 2.08. The van der Waals surface area contributed by atoms with E-state index in [0.29, 0.717) is 16.6 Å². The molecule has 0 unspecified atom stereocenters. The first kappa shape index (κ1) is 10.4. The van der Waals surface area contributed by atoms with E-state index in [2.05, 4.69) is 14.7 Å². The minimum Gasteiger partial charge on any atom is -0.465 e. The van der Waals surface area contributed by atoms with Crippen LogP contribution in [0.2, 0.25) is 0 Å². The summed E-state index contributed by atoms with van der Waals surface area (Å²) in [5.41, 5.74) is 2.08. The lowest BCUT2D eigenvalue weighted by Gasteiger charge is -2.03. The zero-order valence-corrected chi connectivity index (χ0v) is 8.90. The van der Waals surface area contributed by atoms with Crippen LogP contribution in [0, 0.1) is 6.92 Å². The van der Waals surface area contributed by atoms with E-state index in [1.807, 2.05) is 0 Å². The van der Waals surface area contributed by atoms with Crippen molar-refractivity contribution in [2.75, 3.05) is 7.11 Å². The van der Waals surface area contributed by atoms with Gasteiger partial charge in [-0.3, -0.25) is 9.78 Å². The molecule has 2 aromatic heterocycles. The molecule has 0 aliphatic rings. The molecule has 2 heterocycles. The van der Waals surface area contributed by atoms with E-state index < -0.39 is 5.97 Å². The Labute approximate surface area is 91.1 Å². The van der Waals surface area contributed by atoms with Crippen molar-refractivity contribution in [2.24, 2.45) is 0 Å². The first-order valence-electron chi connectivity index (χ1n) is 4.70. The van der Waals surface area contributed by atoms with Crippen LogP contribution in [0.1, 0.15) is 15.9 Å². The molecule has 0 saturated carbocycles. The summed E-state index contributed by atoms with van der Waals surface area (Å²) in [6, 6.07) is 3.02. The molecule has 0 aliphatic heterocycles. The maximum atomic E-state index is 11.3. The second-order valence-corrected chi connectivity index (χ2v) is 3.43. The van der Waals surface area contributed by atoms with Gasteiger partial charge in [-0.1, -0.05) is 0 Å². The van der Waals surface area contributed by atoms with E-state index in [9.17, 15) is 9.59 Å². The van der Waals surface area contributed by atoms with Crippen molar-refractivity contribution in [3.63, 3.8) is 0 Å². The molecule has 1 N–H and O–H groups in total. The van der Waals surface area contributed by atoms with E-state index >= 15 is 0 Å². The Balaban J connectivity index is 2.71. The van der Waals surface area contributed by atoms with Crippen LogP contribution in [0.5, 0.6) is 0 Å². The summed E-state index contributed by atoms with van der Waals surface area (Å²) in [5.74, 6) is -0.475. The molecule has 0 fully saturated rings. The Bertz CT molecular complexity index is 616. The number of nitrogens with zero attached hydrogens (tertiary/aromatic N) is 1. The number of fused-ring (bicyclic) bond motifs is 1. The van der Waals surface area contributed by atoms with Gasteiger partial charge >= 0.3 is 5.97 Å². The van der Waals surface area contributed by atoms with Crippen molar-refractivity contribution in [2.45, 2.75) is 6.92 Å². The minimum atomic E-state index is -0.475. The van der Waals surface area contributed by atoms with Gasteiger partial charge in [-0.05, 0) is 18.6 Å². The number of hydrogen-bond acceptors (Lipinski definition) is 4. The average Bonchev–Trinajstić information content (AvgIpc) is 2.27. The molecule has 0 bridgehead atoms. The first-order valence-corrected chi connectivity index (χ1v) is 4.70. The van der Waals surface area contributed by atoms with Crippen molar-refractivity contribution in [1.29, 1.82) is 0 Å².